The van der Waals surface area contributed by atoms with Gasteiger partial charge >= 0.3 is 5.97 Å². The van der Waals surface area contributed by atoms with Crippen LogP contribution in [0.1, 0.15) is 21.9 Å². The smallest absolute Gasteiger partial charge is 0.339 e. The standard InChI is InChI=1S/C13H12N2O2/c1-8-11(13(16)17)12(15-9(2)14-8)10-6-4-3-5-7-10/h3-7H,1-2H3,(H,16,17). The Bertz CT molecular complexity index is 565. The van der Waals surface area contributed by atoms with E-state index in [1.54, 1.807) is 13.8 Å². The largest absolute Gasteiger partial charge is 0.478 e. The minimum Gasteiger partial charge on any atom is -0.478 e. The number of aromatic nitrogens is 2. The Morgan fingerprint density at radius 1 is 1.12 bits per heavy atom. The van der Waals surface area contributed by atoms with Crippen LogP contribution in [-0.4, -0.2) is 21.0 Å². The molecule has 86 valence electrons. The van der Waals surface area contributed by atoms with Gasteiger partial charge < -0.3 is 5.11 Å². The highest BCUT2D eigenvalue weighted by atomic mass is 16.4. The van der Waals surface area contributed by atoms with E-state index in [4.69, 9.17) is 0 Å². The van der Waals surface area contributed by atoms with Crippen LogP contribution in [-0.2, 0) is 0 Å². The molecule has 0 saturated carbocycles. The topological polar surface area (TPSA) is 63.1 Å². The maximum Gasteiger partial charge on any atom is 0.339 e. The van der Waals surface area contributed by atoms with E-state index in [-0.39, 0.29) is 5.56 Å². The number of aryl methyl sites for hydroxylation is 2. The van der Waals surface area contributed by atoms with E-state index in [0.717, 1.165) is 5.56 Å². The number of hydrogen-bond acceptors (Lipinski definition) is 3. The second-order valence-corrected chi connectivity index (χ2v) is 3.75. The van der Waals surface area contributed by atoms with Crippen molar-refractivity contribution < 1.29 is 9.90 Å². The van der Waals surface area contributed by atoms with Crippen LogP contribution < -0.4 is 0 Å². The lowest BCUT2D eigenvalue weighted by Gasteiger charge is -2.08. The number of carboxylic acids is 1. The number of benzene rings is 1. The van der Waals surface area contributed by atoms with Crippen LogP contribution in [0.5, 0.6) is 0 Å². The number of carbonyl (C=O) groups is 1. The van der Waals surface area contributed by atoms with Gasteiger partial charge in [0.2, 0.25) is 0 Å². The molecule has 0 unspecified atom stereocenters. The van der Waals surface area contributed by atoms with Crippen molar-refractivity contribution in [3.8, 4) is 11.3 Å². The third-order valence-electron chi connectivity index (χ3n) is 2.46. The van der Waals surface area contributed by atoms with Crippen molar-refractivity contribution in [2.75, 3.05) is 0 Å². The number of rotatable bonds is 2. The molecule has 1 aromatic carbocycles. The molecule has 0 bridgehead atoms. The predicted octanol–water partition coefficient (Wildman–Crippen LogP) is 2.46. The van der Waals surface area contributed by atoms with Crippen LogP contribution in [0.3, 0.4) is 0 Å². The van der Waals surface area contributed by atoms with E-state index >= 15 is 0 Å². The summed E-state index contributed by atoms with van der Waals surface area (Å²) in [7, 11) is 0. The van der Waals surface area contributed by atoms with Crippen molar-refractivity contribution in [1.82, 2.24) is 9.97 Å². The van der Waals surface area contributed by atoms with E-state index in [1.165, 1.54) is 0 Å². The number of aromatic carboxylic acids is 1. The number of hydrogen-bond donors (Lipinski definition) is 1. The summed E-state index contributed by atoms with van der Waals surface area (Å²) < 4.78 is 0. The Morgan fingerprint density at radius 2 is 1.76 bits per heavy atom. The molecule has 2 aromatic rings. The molecule has 0 aliphatic carbocycles. The van der Waals surface area contributed by atoms with E-state index in [9.17, 15) is 9.90 Å². The summed E-state index contributed by atoms with van der Waals surface area (Å²) in [6.45, 7) is 3.44. The molecule has 0 atom stereocenters. The van der Waals surface area contributed by atoms with Crippen molar-refractivity contribution >= 4 is 5.97 Å². The first-order valence-corrected chi connectivity index (χ1v) is 5.23. The van der Waals surface area contributed by atoms with Crippen molar-refractivity contribution in [3.05, 3.63) is 47.4 Å². The van der Waals surface area contributed by atoms with Gasteiger partial charge in [0.1, 0.15) is 11.4 Å². The molecule has 1 N–H and O–H groups in total. The first-order valence-electron chi connectivity index (χ1n) is 5.23. The van der Waals surface area contributed by atoms with Gasteiger partial charge in [-0.2, -0.15) is 0 Å². The monoisotopic (exact) mass is 228 g/mol. The van der Waals surface area contributed by atoms with Crippen LogP contribution in [0.15, 0.2) is 30.3 Å². The van der Waals surface area contributed by atoms with Crippen molar-refractivity contribution in [3.63, 3.8) is 0 Å². The van der Waals surface area contributed by atoms with Gasteiger partial charge in [0.05, 0.1) is 11.4 Å². The Kier molecular flexibility index (Phi) is 2.87. The van der Waals surface area contributed by atoms with Crippen LogP contribution >= 0.6 is 0 Å². The van der Waals surface area contributed by atoms with Gasteiger partial charge in [-0.15, -0.1) is 0 Å². The van der Waals surface area contributed by atoms with Crippen LogP contribution in [0, 0.1) is 13.8 Å². The molecule has 2 rings (SSSR count). The third-order valence-corrected chi connectivity index (χ3v) is 2.46. The molecule has 1 aromatic heterocycles. The van der Waals surface area contributed by atoms with Gasteiger partial charge in [0.15, 0.2) is 0 Å². The fourth-order valence-corrected chi connectivity index (χ4v) is 1.77. The lowest BCUT2D eigenvalue weighted by Crippen LogP contribution is -2.08. The molecule has 0 aliphatic rings. The van der Waals surface area contributed by atoms with Gasteiger partial charge in [-0.05, 0) is 13.8 Å². The molecule has 0 saturated heterocycles. The van der Waals surface area contributed by atoms with Gasteiger partial charge in [-0.1, -0.05) is 30.3 Å². The maximum atomic E-state index is 11.2. The summed E-state index contributed by atoms with van der Waals surface area (Å²) in [4.78, 5) is 19.6. The quantitative estimate of drug-likeness (QED) is 0.857. The minimum atomic E-state index is -0.999. The van der Waals surface area contributed by atoms with Gasteiger partial charge in [0.25, 0.3) is 0 Å². The number of carboxylic acid groups (broad SMARTS) is 1. The minimum absolute atomic E-state index is 0.168. The molecular weight excluding hydrogens is 216 g/mol. The SMILES string of the molecule is Cc1nc(C)c(C(=O)O)c(-c2ccccc2)n1. The Balaban J connectivity index is 2.72. The Labute approximate surface area is 99.0 Å². The molecule has 0 amide bonds. The summed E-state index contributed by atoms with van der Waals surface area (Å²) in [5.41, 5.74) is 1.92. The molecule has 4 nitrogen and oxygen atoms in total. The van der Waals surface area contributed by atoms with Crippen LogP contribution in [0.2, 0.25) is 0 Å². The van der Waals surface area contributed by atoms with Crippen molar-refractivity contribution in [2.45, 2.75) is 13.8 Å². The molecule has 4 heteroatoms. The fourth-order valence-electron chi connectivity index (χ4n) is 1.77. The summed E-state index contributed by atoms with van der Waals surface area (Å²) in [5.74, 6) is -0.423. The zero-order chi connectivity index (χ0) is 12.4. The first-order chi connectivity index (χ1) is 8.09. The lowest BCUT2D eigenvalue weighted by molar-refractivity contribution is 0.0696. The molecule has 1 heterocycles. The average Bonchev–Trinajstić information content (AvgIpc) is 2.28. The summed E-state index contributed by atoms with van der Waals surface area (Å²) in [6.07, 6.45) is 0. The fraction of sp³-hybridized carbons (Fsp3) is 0.154. The van der Waals surface area contributed by atoms with Crippen molar-refractivity contribution in [2.24, 2.45) is 0 Å². The van der Waals surface area contributed by atoms with E-state index in [0.29, 0.717) is 17.2 Å². The molecule has 0 fully saturated rings. The average molecular weight is 228 g/mol. The van der Waals surface area contributed by atoms with E-state index in [1.807, 2.05) is 30.3 Å². The van der Waals surface area contributed by atoms with E-state index in [2.05, 4.69) is 9.97 Å². The lowest BCUT2D eigenvalue weighted by atomic mass is 10.0. The zero-order valence-corrected chi connectivity index (χ0v) is 9.64. The summed E-state index contributed by atoms with van der Waals surface area (Å²) in [6, 6.07) is 9.27. The molecule has 0 aliphatic heterocycles. The molecule has 0 radical (unpaired) electrons. The summed E-state index contributed by atoms with van der Waals surface area (Å²) >= 11 is 0. The first kappa shape index (κ1) is 11.3. The Hall–Kier alpha value is -2.23. The van der Waals surface area contributed by atoms with Gasteiger partial charge in [0, 0.05) is 5.56 Å². The second kappa shape index (κ2) is 4.33. The van der Waals surface area contributed by atoms with E-state index < -0.39 is 5.97 Å². The number of nitrogens with zero attached hydrogens (tertiary/aromatic N) is 2. The molecular formula is C13H12N2O2. The highest BCUT2D eigenvalue weighted by Gasteiger charge is 2.17. The Morgan fingerprint density at radius 3 is 2.35 bits per heavy atom. The zero-order valence-electron chi connectivity index (χ0n) is 9.64. The predicted molar refractivity (Wildman–Crippen MR) is 63.9 cm³/mol. The molecule has 17 heavy (non-hydrogen) atoms. The van der Waals surface area contributed by atoms with Crippen LogP contribution in [0.25, 0.3) is 11.3 Å². The maximum absolute atomic E-state index is 11.2. The third kappa shape index (κ3) is 2.15. The van der Waals surface area contributed by atoms with Gasteiger partial charge in [-0.25, -0.2) is 14.8 Å². The second-order valence-electron chi connectivity index (χ2n) is 3.75. The highest BCUT2D eigenvalue weighted by molar-refractivity contribution is 5.95. The summed E-state index contributed by atoms with van der Waals surface area (Å²) in [5, 5.41) is 9.22. The van der Waals surface area contributed by atoms with Gasteiger partial charge in [-0.3, -0.25) is 0 Å². The van der Waals surface area contributed by atoms with Crippen LogP contribution in [0.4, 0.5) is 0 Å². The molecule has 0 spiro atoms. The normalized spacial score (nSPS) is 10.2. The highest BCUT2D eigenvalue weighted by Crippen LogP contribution is 2.23. The van der Waals surface area contributed by atoms with Crippen molar-refractivity contribution in [1.29, 1.82) is 0 Å².